The maximum Gasteiger partial charge on any atom is 0.407 e. The van der Waals surface area contributed by atoms with Crippen molar-refractivity contribution >= 4 is 18.0 Å². The van der Waals surface area contributed by atoms with Gasteiger partial charge in [-0.3, -0.25) is 4.79 Å². The maximum atomic E-state index is 13.0. The summed E-state index contributed by atoms with van der Waals surface area (Å²) in [5.74, 6) is -1.33. The molecule has 2 aromatic carbocycles. The third-order valence-electron chi connectivity index (χ3n) is 7.03. The van der Waals surface area contributed by atoms with Gasteiger partial charge in [-0.2, -0.15) is 0 Å². The Hall–Kier alpha value is -3.35. The Kier molecular flexibility index (Phi) is 6.39. The highest BCUT2D eigenvalue weighted by molar-refractivity contribution is 5.88. The van der Waals surface area contributed by atoms with Crippen molar-refractivity contribution in [2.45, 2.75) is 63.5 Å². The number of ether oxygens (including phenoxy) is 1. The molecule has 7 nitrogen and oxygen atoms in total. The molecule has 180 valence electrons. The van der Waals surface area contributed by atoms with Gasteiger partial charge in [0.15, 0.2) is 0 Å². The average Bonchev–Trinajstić information content (AvgIpc) is 3.11. The van der Waals surface area contributed by atoms with E-state index in [0.29, 0.717) is 13.0 Å². The fraction of sp³-hybridized carbons (Fsp3) is 0.444. The number of fused-ring (bicyclic) bond motifs is 3. The first-order valence-corrected chi connectivity index (χ1v) is 11.8. The van der Waals surface area contributed by atoms with Crippen LogP contribution in [0.2, 0.25) is 0 Å². The van der Waals surface area contributed by atoms with Gasteiger partial charge in [0.2, 0.25) is 5.91 Å². The Morgan fingerprint density at radius 1 is 1.06 bits per heavy atom. The summed E-state index contributed by atoms with van der Waals surface area (Å²) in [6.07, 6.45) is 1.36. The molecule has 2 aromatic rings. The van der Waals surface area contributed by atoms with Crippen LogP contribution in [-0.4, -0.2) is 52.2 Å². The van der Waals surface area contributed by atoms with Crippen LogP contribution in [-0.2, 0) is 14.3 Å². The second-order valence-electron chi connectivity index (χ2n) is 10.1. The van der Waals surface area contributed by atoms with Gasteiger partial charge in [-0.15, -0.1) is 0 Å². The maximum absolute atomic E-state index is 13.0. The zero-order valence-electron chi connectivity index (χ0n) is 20.0. The van der Waals surface area contributed by atoms with Crippen molar-refractivity contribution in [3.8, 4) is 11.1 Å². The Morgan fingerprint density at radius 3 is 2.24 bits per heavy atom. The fourth-order valence-corrected chi connectivity index (χ4v) is 5.17. The third kappa shape index (κ3) is 4.52. The number of carboxylic acid groups (broad SMARTS) is 1. The minimum Gasteiger partial charge on any atom is -0.480 e. The van der Waals surface area contributed by atoms with Crippen molar-refractivity contribution in [3.63, 3.8) is 0 Å². The van der Waals surface area contributed by atoms with Crippen LogP contribution in [0.4, 0.5) is 4.79 Å². The van der Waals surface area contributed by atoms with Crippen LogP contribution in [0.15, 0.2) is 48.5 Å². The van der Waals surface area contributed by atoms with Crippen LogP contribution in [0.25, 0.3) is 11.1 Å². The van der Waals surface area contributed by atoms with Crippen LogP contribution in [0.3, 0.4) is 0 Å². The summed E-state index contributed by atoms with van der Waals surface area (Å²) in [4.78, 5) is 39.0. The van der Waals surface area contributed by atoms with Crippen molar-refractivity contribution in [2.24, 2.45) is 0 Å². The molecule has 1 fully saturated rings. The summed E-state index contributed by atoms with van der Waals surface area (Å²) in [5.41, 5.74) is 2.46. The highest BCUT2D eigenvalue weighted by atomic mass is 16.5. The van der Waals surface area contributed by atoms with Crippen LogP contribution >= 0.6 is 0 Å². The van der Waals surface area contributed by atoms with E-state index in [1.165, 1.54) is 4.90 Å². The number of nitrogens with zero attached hydrogens (tertiary/aromatic N) is 1. The molecule has 0 aromatic heterocycles. The summed E-state index contributed by atoms with van der Waals surface area (Å²) in [5, 5.41) is 12.5. The number of benzene rings is 2. The first-order chi connectivity index (χ1) is 16.1. The number of carboxylic acids is 1. The summed E-state index contributed by atoms with van der Waals surface area (Å²) in [6.45, 7) is 5.68. The molecule has 0 saturated carbocycles. The standard InChI is InChI=1S/C27H32N2O5/c1-26(2,16-23(30)29-15-9-8-14-27(29,3)24(31)32)28-25(33)34-17-22-20-12-6-4-10-18(20)19-11-5-7-13-21(19)22/h4-7,10-13,22H,8-9,14-17H2,1-3H3,(H,28,33)(H,31,32). The number of hydrogen-bond acceptors (Lipinski definition) is 4. The predicted octanol–water partition coefficient (Wildman–Crippen LogP) is 4.55. The minimum atomic E-state index is -1.21. The molecule has 34 heavy (non-hydrogen) atoms. The average molecular weight is 465 g/mol. The van der Waals surface area contributed by atoms with Gasteiger partial charge in [0.1, 0.15) is 12.1 Å². The number of carbonyl (C=O) groups excluding carboxylic acids is 2. The molecule has 1 aliphatic heterocycles. The molecule has 2 N–H and O–H groups in total. The van der Waals surface area contributed by atoms with Crippen LogP contribution < -0.4 is 5.32 Å². The fourth-order valence-electron chi connectivity index (χ4n) is 5.17. The molecule has 1 unspecified atom stereocenters. The molecule has 1 aliphatic carbocycles. The first-order valence-electron chi connectivity index (χ1n) is 11.8. The SMILES string of the molecule is CC(C)(CC(=O)N1CCCCC1(C)C(=O)O)NC(=O)OCC1c2ccccc2-c2ccccc21. The highest BCUT2D eigenvalue weighted by Crippen LogP contribution is 2.44. The lowest BCUT2D eigenvalue weighted by Crippen LogP contribution is -2.59. The number of carbonyl (C=O) groups is 3. The van der Waals surface area contributed by atoms with Crippen molar-refractivity contribution in [3.05, 3.63) is 59.7 Å². The van der Waals surface area contributed by atoms with E-state index < -0.39 is 23.1 Å². The molecule has 1 saturated heterocycles. The molecule has 4 rings (SSSR count). The molecule has 0 spiro atoms. The lowest BCUT2D eigenvalue weighted by molar-refractivity contribution is -0.161. The predicted molar refractivity (Wildman–Crippen MR) is 129 cm³/mol. The zero-order chi connectivity index (χ0) is 24.5. The molecule has 1 atom stereocenters. The molecular formula is C27H32N2O5. The van der Waals surface area contributed by atoms with E-state index in [1.807, 2.05) is 24.3 Å². The molecule has 2 amide bonds. The van der Waals surface area contributed by atoms with Crippen LogP contribution in [0.5, 0.6) is 0 Å². The Balaban J connectivity index is 1.38. The van der Waals surface area contributed by atoms with Gasteiger partial charge >= 0.3 is 12.1 Å². The number of nitrogens with one attached hydrogen (secondary N) is 1. The minimum absolute atomic E-state index is 0.0138. The van der Waals surface area contributed by atoms with E-state index in [2.05, 4.69) is 29.6 Å². The van der Waals surface area contributed by atoms with Gasteiger partial charge in [-0.1, -0.05) is 48.5 Å². The van der Waals surface area contributed by atoms with Gasteiger partial charge in [-0.05, 0) is 62.3 Å². The Bertz CT molecular complexity index is 1070. The number of piperidine rings is 1. The normalized spacial score (nSPS) is 19.8. The van der Waals surface area contributed by atoms with Gasteiger partial charge < -0.3 is 20.1 Å². The van der Waals surface area contributed by atoms with E-state index >= 15 is 0 Å². The number of rotatable bonds is 6. The van der Waals surface area contributed by atoms with Crippen molar-refractivity contribution in [1.29, 1.82) is 0 Å². The number of amides is 2. The summed E-state index contributed by atoms with van der Waals surface area (Å²) in [7, 11) is 0. The molecule has 1 heterocycles. The van der Waals surface area contributed by atoms with Crippen molar-refractivity contribution in [2.75, 3.05) is 13.2 Å². The van der Waals surface area contributed by atoms with Crippen molar-refractivity contribution < 1.29 is 24.2 Å². The van der Waals surface area contributed by atoms with Gasteiger partial charge in [0, 0.05) is 24.4 Å². The summed E-state index contributed by atoms with van der Waals surface area (Å²) in [6, 6.07) is 16.2. The zero-order valence-corrected chi connectivity index (χ0v) is 20.0. The topological polar surface area (TPSA) is 95.9 Å². The van der Waals surface area contributed by atoms with E-state index in [-0.39, 0.29) is 24.9 Å². The highest BCUT2D eigenvalue weighted by Gasteiger charge is 2.45. The summed E-state index contributed by atoms with van der Waals surface area (Å²) < 4.78 is 5.61. The van der Waals surface area contributed by atoms with E-state index in [0.717, 1.165) is 35.1 Å². The van der Waals surface area contributed by atoms with Crippen LogP contribution in [0, 0.1) is 0 Å². The van der Waals surface area contributed by atoms with E-state index in [9.17, 15) is 19.5 Å². The lowest BCUT2D eigenvalue weighted by atomic mass is 9.87. The largest absolute Gasteiger partial charge is 0.480 e. The van der Waals surface area contributed by atoms with E-state index in [1.54, 1.807) is 20.8 Å². The molecule has 0 radical (unpaired) electrons. The number of aliphatic carboxylic acids is 1. The van der Waals surface area contributed by atoms with E-state index in [4.69, 9.17) is 4.74 Å². The smallest absolute Gasteiger partial charge is 0.407 e. The van der Waals surface area contributed by atoms with Gasteiger partial charge in [-0.25, -0.2) is 9.59 Å². The molecular weight excluding hydrogens is 432 g/mol. The molecule has 0 bridgehead atoms. The number of likely N-dealkylation sites (tertiary alicyclic amines) is 1. The Labute approximate surface area is 200 Å². The number of alkyl carbamates (subject to hydrolysis) is 1. The number of hydrogen-bond donors (Lipinski definition) is 2. The van der Waals surface area contributed by atoms with Gasteiger partial charge in [0.05, 0.1) is 0 Å². The third-order valence-corrected chi connectivity index (χ3v) is 7.03. The molecule has 7 heteroatoms. The first kappa shape index (κ1) is 23.8. The molecule has 2 aliphatic rings. The second kappa shape index (κ2) is 9.12. The lowest BCUT2D eigenvalue weighted by Gasteiger charge is -2.42. The van der Waals surface area contributed by atoms with Gasteiger partial charge in [0.25, 0.3) is 0 Å². The second-order valence-corrected chi connectivity index (χ2v) is 10.1. The summed E-state index contributed by atoms with van der Waals surface area (Å²) >= 11 is 0. The van der Waals surface area contributed by atoms with Crippen molar-refractivity contribution in [1.82, 2.24) is 10.2 Å². The Morgan fingerprint density at radius 2 is 1.65 bits per heavy atom. The van der Waals surface area contributed by atoms with Crippen LogP contribution in [0.1, 0.15) is 63.5 Å². The monoisotopic (exact) mass is 464 g/mol. The quantitative estimate of drug-likeness (QED) is 0.654.